The number of ether oxygens (including phenoxy) is 4. The number of halogens is 6. The summed E-state index contributed by atoms with van der Waals surface area (Å²) in [5, 5.41) is 18.2. The lowest BCUT2D eigenvalue weighted by atomic mass is 9.55. The highest BCUT2D eigenvalue weighted by Gasteiger charge is 2.71. The Morgan fingerprint density at radius 1 is 0.875 bits per heavy atom. The van der Waals surface area contributed by atoms with E-state index in [9.17, 15) is 26.3 Å². The van der Waals surface area contributed by atoms with Crippen LogP contribution in [0.3, 0.4) is 0 Å². The molecule has 2 fully saturated rings. The van der Waals surface area contributed by atoms with Gasteiger partial charge in [0.1, 0.15) is 12.4 Å². The zero-order valence-corrected chi connectivity index (χ0v) is 35.1. The van der Waals surface area contributed by atoms with Gasteiger partial charge in [-0.1, -0.05) is 47.9 Å². The van der Waals surface area contributed by atoms with Gasteiger partial charge in [0, 0.05) is 50.4 Å². The molecule has 2 N–H and O–H groups in total. The molecule has 7 nitrogen and oxygen atoms in total. The van der Waals surface area contributed by atoms with E-state index in [2.05, 4.69) is 41.8 Å². The Labute approximate surface area is 338 Å². The fourth-order valence-electron chi connectivity index (χ4n) is 9.29. The molecule has 3 aliphatic carbocycles. The van der Waals surface area contributed by atoms with E-state index in [4.69, 9.17) is 24.4 Å². The van der Waals surface area contributed by atoms with Crippen LogP contribution in [-0.2, 0) is 20.6 Å². The number of aliphatic hydroxyl groups is 2. The SMILES string of the molecule is CCCC(OCCCO[C@H]1CC[C@H]2[C@@H]3CCc4cc(OCCN(C)CCCSSCCOCCCC(CO)CO)ccc4[C@H]3CC[C@]12C)(C(F)(F)F)C(F)(F)F. The molecule has 1 aromatic carbocycles. The van der Waals surface area contributed by atoms with Gasteiger partial charge in [-0.05, 0) is 131 Å². The van der Waals surface area contributed by atoms with Crippen LogP contribution in [0.25, 0.3) is 0 Å². The summed E-state index contributed by atoms with van der Waals surface area (Å²) >= 11 is 0. The number of aryl methyl sites for hydroxylation is 1. The van der Waals surface area contributed by atoms with E-state index in [0.29, 0.717) is 37.6 Å². The number of rotatable bonds is 26. The lowest BCUT2D eigenvalue weighted by Crippen LogP contribution is -2.58. The van der Waals surface area contributed by atoms with Crippen molar-refractivity contribution in [1.29, 1.82) is 0 Å². The van der Waals surface area contributed by atoms with Crippen molar-refractivity contribution in [2.75, 3.05) is 77.9 Å². The monoisotopic (exact) mass is 845 g/mol. The van der Waals surface area contributed by atoms with Crippen LogP contribution in [0.4, 0.5) is 26.3 Å². The highest BCUT2D eigenvalue weighted by molar-refractivity contribution is 8.76. The molecule has 324 valence electrons. The minimum Gasteiger partial charge on any atom is -0.492 e. The average Bonchev–Trinajstić information content (AvgIpc) is 3.49. The van der Waals surface area contributed by atoms with E-state index in [1.165, 1.54) is 18.1 Å². The summed E-state index contributed by atoms with van der Waals surface area (Å²) in [4.78, 5) is 2.30. The topological polar surface area (TPSA) is 80.6 Å². The minimum absolute atomic E-state index is 0.0180. The van der Waals surface area contributed by atoms with Crippen LogP contribution in [0.1, 0.15) is 102 Å². The molecule has 4 rings (SSSR count). The van der Waals surface area contributed by atoms with Crippen LogP contribution in [0.5, 0.6) is 5.75 Å². The molecule has 56 heavy (non-hydrogen) atoms. The number of likely N-dealkylation sites (N-methyl/N-ethyl adjacent to an activating group) is 1. The van der Waals surface area contributed by atoms with Gasteiger partial charge in [-0.2, -0.15) is 26.3 Å². The third-order valence-corrected chi connectivity index (χ3v) is 14.9. The fourth-order valence-corrected chi connectivity index (χ4v) is 11.2. The van der Waals surface area contributed by atoms with E-state index in [0.717, 1.165) is 88.1 Å². The number of benzene rings is 1. The minimum atomic E-state index is -5.55. The zero-order chi connectivity index (χ0) is 40.8. The number of fused-ring (bicyclic) bond motifs is 5. The molecule has 0 saturated heterocycles. The molecule has 0 radical (unpaired) electrons. The number of hydrogen-bond donors (Lipinski definition) is 2. The average molecular weight is 846 g/mol. The van der Waals surface area contributed by atoms with Crippen LogP contribution < -0.4 is 4.74 Å². The maximum Gasteiger partial charge on any atom is 0.426 e. The highest BCUT2D eigenvalue weighted by Crippen LogP contribution is 2.61. The first-order valence-corrected chi connectivity index (χ1v) is 23.1. The van der Waals surface area contributed by atoms with Gasteiger partial charge in [0.05, 0.1) is 19.3 Å². The fraction of sp³-hybridized carbons (Fsp3) is 0.854. The van der Waals surface area contributed by atoms with Crippen LogP contribution in [-0.4, -0.2) is 117 Å². The molecule has 0 aliphatic heterocycles. The third kappa shape index (κ3) is 12.5. The van der Waals surface area contributed by atoms with Gasteiger partial charge < -0.3 is 34.1 Å². The smallest absolute Gasteiger partial charge is 0.426 e. The van der Waals surface area contributed by atoms with Crippen molar-refractivity contribution < 1.29 is 55.5 Å². The van der Waals surface area contributed by atoms with E-state index in [1.54, 1.807) is 0 Å². The van der Waals surface area contributed by atoms with Gasteiger partial charge in [0.25, 0.3) is 5.60 Å². The van der Waals surface area contributed by atoms with Gasteiger partial charge in [0.15, 0.2) is 0 Å². The number of aliphatic hydroxyl groups excluding tert-OH is 2. The Bertz CT molecular complexity index is 1280. The maximum absolute atomic E-state index is 13.6. The van der Waals surface area contributed by atoms with Gasteiger partial charge in [0.2, 0.25) is 0 Å². The van der Waals surface area contributed by atoms with Crippen molar-refractivity contribution in [3.05, 3.63) is 29.3 Å². The Morgan fingerprint density at radius 3 is 2.34 bits per heavy atom. The lowest BCUT2D eigenvalue weighted by molar-refractivity contribution is -0.383. The molecule has 3 aliphatic rings. The first-order chi connectivity index (χ1) is 26.7. The summed E-state index contributed by atoms with van der Waals surface area (Å²) in [7, 11) is 5.82. The van der Waals surface area contributed by atoms with Crippen LogP contribution >= 0.6 is 21.6 Å². The largest absolute Gasteiger partial charge is 0.492 e. The summed E-state index contributed by atoms with van der Waals surface area (Å²) in [6.07, 6.45) is -4.03. The third-order valence-electron chi connectivity index (χ3n) is 12.4. The van der Waals surface area contributed by atoms with Crippen molar-refractivity contribution in [3.63, 3.8) is 0 Å². The molecular weight excluding hydrogens is 781 g/mol. The molecule has 0 bridgehead atoms. The molecule has 0 heterocycles. The van der Waals surface area contributed by atoms with E-state index in [-0.39, 0.29) is 50.1 Å². The maximum atomic E-state index is 13.6. The van der Waals surface area contributed by atoms with Gasteiger partial charge in [-0.25, -0.2) is 0 Å². The van der Waals surface area contributed by atoms with Gasteiger partial charge in [-0.3, -0.25) is 0 Å². The molecule has 0 unspecified atom stereocenters. The van der Waals surface area contributed by atoms with Crippen LogP contribution in [0.15, 0.2) is 18.2 Å². The number of alkyl halides is 6. The van der Waals surface area contributed by atoms with Crippen molar-refractivity contribution in [2.24, 2.45) is 23.2 Å². The molecule has 0 spiro atoms. The van der Waals surface area contributed by atoms with Gasteiger partial charge >= 0.3 is 12.4 Å². The summed E-state index contributed by atoms with van der Waals surface area (Å²) in [5.41, 5.74) is -1.44. The first kappa shape index (κ1) is 47.7. The standard InChI is InChI=1S/C41H65F6NO6S2/c1-4-16-39(40(42,43)44,41(45,46)47)54-22-7-21-53-37-14-13-36-35-11-9-31-27-32(10-12-33(31)34(35)15-17-38(36,37)2)52-23-19-48(3)18-6-25-55-56-26-24-51-20-5-8-30(28-49)29-50/h10,12,27,30,34-37,49-50H,4-9,11,13-26,28-29H2,1-3H3/t34-,35-,36+,37+,38+/m1/s1. The predicted molar refractivity (Wildman–Crippen MR) is 211 cm³/mol. The molecule has 0 aromatic heterocycles. The van der Waals surface area contributed by atoms with Gasteiger partial charge in [-0.15, -0.1) is 0 Å². The van der Waals surface area contributed by atoms with Crippen molar-refractivity contribution in [1.82, 2.24) is 4.90 Å². The molecule has 5 atom stereocenters. The molecular formula is C41H65F6NO6S2. The molecule has 0 amide bonds. The quantitative estimate of drug-likeness (QED) is 0.0539. The van der Waals surface area contributed by atoms with E-state index >= 15 is 0 Å². The summed E-state index contributed by atoms with van der Waals surface area (Å²) in [5.74, 6) is 4.32. The van der Waals surface area contributed by atoms with Crippen molar-refractivity contribution >= 4 is 21.6 Å². The number of nitrogens with zero attached hydrogens (tertiary/aromatic N) is 1. The second-order valence-corrected chi connectivity index (χ2v) is 18.9. The first-order valence-electron chi connectivity index (χ1n) is 20.6. The Hall–Kier alpha value is -0.940. The summed E-state index contributed by atoms with van der Waals surface area (Å²) in [6, 6.07) is 6.57. The highest BCUT2D eigenvalue weighted by atomic mass is 33.1. The van der Waals surface area contributed by atoms with Crippen LogP contribution in [0, 0.1) is 23.2 Å². The van der Waals surface area contributed by atoms with E-state index < -0.39 is 31.0 Å². The molecule has 2 saturated carbocycles. The molecule has 1 aromatic rings. The number of hydrogen-bond acceptors (Lipinski definition) is 9. The Morgan fingerprint density at radius 2 is 1.62 bits per heavy atom. The Balaban J connectivity index is 1.12. The zero-order valence-electron chi connectivity index (χ0n) is 33.4. The summed E-state index contributed by atoms with van der Waals surface area (Å²) in [6.45, 7) is 6.82. The second kappa shape index (κ2) is 22.6. The Kier molecular flexibility index (Phi) is 19.3. The summed E-state index contributed by atoms with van der Waals surface area (Å²) < 4.78 is 104. The van der Waals surface area contributed by atoms with Crippen molar-refractivity contribution in [3.8, 4) is 5.75 Å². The predicted octanol–water partition coefficient (Wildman–Crippen LogP) is 9.48. The second-order valence-electron chi connectivity index (χ2n) is 16.2. The van der Waals surface area contributed by atoms with E-state index in [1.807, 2.05) is 21.6 Å². The van der Waals surface area contributed by atoms with Crippen molar-refractivity contribution in [2.45, 2.75) is 121 Å². The lowest BCUT2D eigenvalue weighted by Gasteiger charge is -2.50. The normalized spacial score (nSPS) is 24.1. The van der Waals surface area contributed by atoms with Crippen LogP contribution in [0.2, 0.25) is 0 Å². The molecule has 15 heteroatoms.